The van der Waals surface area contributed by atoms with Crippen LogP contribution in [0.2, 0.25) is 0 Å². The maximum atomic E-state index is 15.9. The molecular weight excluding hydrogens is 557 g/mol. The molecule has 222 valence electrons. The molecule has 3 atom stereocenters. The second-order valence-corrected chi connectivity index (χ2v) is 13.7. The van der Waals surface area contributed by atoms with Gasteiger partial charge in [-0.05, 0) is 49.7 Å². The Kier molecular flexibility index (Phi) is 8.26. The number of aromatic nitrogens is 2. The lowest BCUT2D eigenvalue weighted by Crippen LogP contribution is -2.41. The lowest BCUT2D eigenvalue weighted by Gasteiger charge is -2.33. The maximum absolute atomic E-state index is 15.9. The van der Waals surface area contributed by atoms with E-state index in [0.29, 0.717) is 6.92 Å². The number of benzene rings is 1. The van der Waals surface area contributed by atoms with Crippen LogP contribution in [0.3, 0.4) is 0 Å². The number of aromatic amines is 1. The summed E-state index contributed by atoms with van der Waals surface area (Å²) in [6.07, 6.45) is -1.62. The molecular formula is C27H35F6N4O2P. The van der Waals surface area contributed by atoms with Gasteiger partial charge >= 0.3 is 0 Å². The molecule has 0 radical (unpaired) electrons. The standard InChI is InChI=1S/C27H35F6N4O2P/c1-24(2,40)13-34-22(38)16(12-25(3,29)30)15-4-5-17-20(18(15)28)36-21(35-17)19(37-23(39)26(31)10-11-26)14-6-8-27(32,33)9-7-14/h4-5,14,16,19H,6-13,40H2,1-3H3,(H,34,38)(H,35,36)(H,37,39)/t16-,19-/m0/s1. The monoisotopic (exact) mass is 592 g/mol. The molecule has 2 amide bonds. The molecule has 0 aliphatic heterocycles. The van der Waals surface area contributed by atoms with E-state index in [1.54, 1.807) is 0 Å². The van der Waals surface area contributed by atoms with Crippen molar-refractivity contribution in [1.29, 1.82) is 0 Å². The molecule has 2 fully saturated rings. The summed E-state index contributed by atoms with van der Waals surface area (Å²) in [5, 5.41) is 4.77. The van der Waals surface area contributed by atoms with Gasteiger partial charge in [0.25, 0.3) is 5.91 Å². The number of hydrogen-bond donors (Lipinski definition) is 3. The van der Waals surface area contributed by atoms with Gasteiger partial charge in [-0.3, -0.25) is 9.59 Å². The minimum atomic E-state index is -3.28. The molecule has 1 aromatic carbocycles. The number of H-pyrrole nitrogens is 1. The van der Waals surface area contributed by atoms with Crippen LogP contribution in [0.4, 0.5) is 26.3 Å². The predicted octanol–water partition coefficient (Wildman–Crippen LogP) is 6.09. The van der Waals surface area contributed by atoms with Gasteiger partial charge in [-0.1, -0.05) is 19.9 Å². The molecule has 4 rings (SSSR count). The molecule has 3 N–H and O–H groups in total. The molecule has 13 heteroatoms. The molecule has 0 bridgehead atoms. The summed E-state index contributed by atoms with van der Waals surface area (Å²) in [6, 6.07) is 1.63. The van der Waals surface area contributed by atoms with Crippen molar-refractivity contribution in [1.82, 2.24) is 20.6 Å². The van der Waals surface area contributed by atoms with Crippen molar-refractivity contribution in [3.63, 3.8) is 0 Å². The number of halogens is 6. The summed E-state index contributed by atoms with van der Waals surface area (Å²) >= 11 is 0. The van der Waals surface area contributed by atoms with Gasteiger partial charge in [-0.15, -0.1) is 9.24 Å². The van der Waals surface area contributed by atoms with Crippen LogP contribution < -0.4 is 10.6 Å². The number of fused-ring (bicyclic) bond motifs is 1. The fourth-order valence-corrected chi connectivity index (χ4v) is 5.15. The zero-order valence-corrected chi connectivity index (χ0v) is 23.8. The fraction of sp³-hybridized carbons (Fsp3) is 0.667. The van der Waals surface area contributed by atoms with Gasteiger partial charge in [0.2, 0.25) is 17.8 Å². The van der Waals surface area contributed by atoms with Crippen LogP contribution in [0, 0.1) is 11.7 Å². The molecule has 6 nitrogen and oxygen atoms in total. The van der Waals surface area contributed by atoms with E-state index < -0.39 is 77.4 Å². The van der Waals surface area contributed by atoms with E-state index in [1.165, 1.54) is 12.1 Å². The first-order chi connectivity index (χ1) is 18.4. The summed E-state index contributed by atoms with van der Waals surface area (Å²) in [6.45, 7) is 4.43. The minimum Gasteiger partial charge on any atom is -0.355 e. The molecule has 2 saturated carbocycles. The van der Waals surface area contributed by atoms with Gasteiger partial charge < -0.3 is 15.6 Å². The van der Waals surface area contributed by atoms with Crippen LogP contribution in [-0.4, -0.2) is 51.0 Å². The Morgan fingerprint density at radius 2 is 1.75 bits per heavy atom. The van der Waals surface area contributed by atoms with Gasteiger partial charge in [0, 0.05) is 31.4 Å². The van der Waals surface area contributed by atoms with Crippen LogP contribution >= 0.6 is 9.24 Å². The number of carbonyl (C=O) groups excluding carboxylic acids is 2. The second-order valence-electron chi connectivity index (χ2n) is 12.1. The molecule has 2 aliphatic carbocycles. The maximum Gasteiger partial charge on any atom is 0.258 e. The molecule has 0 spiro atoms. The van der Waals surface area contributed by atoms with Crippen molar-refractivity contribution in [2.45, 2.75) is 100 Å². The number of alkyl halides is 5. The lowest BCUT2D eigenvalue weighted by molar-refractivity contribution is -0.129. The topological polar surface area (TPSA) is 86.9 Å². The Morgan fingerprint density at radius 1 is 1.12 bits per heavy atom. The summed E-state index contributed by atoms with van der Waals surface area (Å²) < 4.78 is 86.2. The van der Waals surface area contributed by atoms with Crippen molar-refractivity contribution in [3.05, 3.63) is 29.3 Å². The van der Waals surface area contributed by atoms with E-state index in [0.717, 1.165) is 0 Å². The molecule has 2 aromatic rings. The molecule has 0 saturated heterocycles. The normalized spacial score (nSPS) is 20.6. The van der Waals surface area contributed by atoms with E-state index in [-0.39, 0.29) is 54.6 Å². The van der Waals surface area contributed by atoms with E-state index in [9.17, 15) is 31.5 Å². The third kappa shape index (κ3) is 7.28. The molecule has 2 aliphatic rings. The highest BCUT2D eigenvalue weighted by Crippen LogP contribution is 2.44. The summed E-state index contributed by atoms with van der Waals surface area (Å²) in [4.78, 5) is 32.7. The summed E-state index contributed by atoms with van der Waals surface area (Å²) in [7, 11) is 2.52. The Hall–Kier alpha value is -2.36. The van der Waals surface area contributed by atoms with E-state index in [1.807, 2.05) is 13.8 Å². The van der Waals surface area contributed by atoms with Crippen molar-refractivity contribution in [2.24, 2.45) is 5.92 Å². The number of nitrogens with zero attached hydrogens (tertiary/aromatic N) is 1. The molecule has 1 heterocycles. The van der Waals surface area contributed by atoms with Gasteiger partial charge in [0.1, 0.15) is 11.3 Å². The average Bonchev–Trinajstić information content (AvgIpc) is 3.44. The van der Waals surface area contributed by atoms with E-state index >= 15 is 4.39 Å². The van der Waals surface area contributed by atoms with Crippen molar-refractivity contribution < 1.29 is 35.9 Å². The van der Waals surface area contributed by atoms with Gasteiger partial charge in [0.05, 0.1) is 17.5 Å². The van der Waals surface area contributed by atoms with Gasteiger partial charge in [-0.25, -0.2) is 31.3 Å². The number of hydrogen-bond acceptors (Lipinski definition) is 3. The van der Waals surface area contributed by atoms with Crippen LogP contribution in [0.5, 0.6) is 0 Å². The highest BCUT2D eigenvalue weighted by Gasteiger charge is 2.52. The minimum absolute atomic E-state index is 0.0297. The highest BCUT2D eigenvalue weighted by molar-refractivity contribution is 7.18. The quantitative estimate of drug-likeness (QED) is 0.231. The van der Waals surface area contributed by atoms with E-state index in [4.69, 9.17) is 0 Å². The largest absolute Gasteiger partial charge is 0.355 e. The van der Waals surface area contributed by atoms with Crippen LogP contribution in [0.25, 0.3) is 11.0 Å². The van der Waals surface area contributed by atoms with Crippen molar-refractivity contribution in [3.8, 4) is 0 Å². The number of rotatable bonds is 10. The Morgan fingerprint density at radius 3 is 2.30 bits per heavy atom. The second kappa shape index (κ2) is 10.8. The highest BCUT2D eigenvalue weighted by atomic mass is 31.0. The smallest absolute Gasteiger partial charge is 0.258 e. The lowest BCUT2D eigenvalue weighted by atomic mass is 9.81. The van der Waals surface area contributed by atoms with Crippen molar-refractivity contribution in [2.75, 3.05) is 6.54 Å². The first-order valence-corrected chi connectivity index (χ1v) is 14.0. The first kappa shape index (κ1) is 30.6. The summed E-state index contributed by atoms with van der Waals surface area (Å²) in [5.41, 5.74) is -2.40. The Bertz CT molecular complexity index is 1260. The number of amides is 2. The SMILES string of the molecule is CC(F)(F)C[C@H](C(=O)NCC(C)(C)P)c1ccc2[nH]c([C@@H](NC(=O)C3(F)CC3)C3CCC(F)(F)CC3)nc2c1F. The number of carbonyl (C=O) groups is 2. The third-order valence-electron chi connectivity index (χ3n) is 7.52. The predicted molar refractivity (Wildman–Crippen MR) is 142 cm³/mol. The number of imidazole rings is 1. The zero-order chi connectivity index (χ0) is 29.7. The molecule has 1 unspecified atom stereocenters. The van der Waals surface area contributed by atoms with E-state index in [2.05, 4.69) is 29.8 Å². The fourth-order valence-electron chi connectivity index (χ4n) is 5.05. The van der Waals surface area contributed by atoms with Crippen LogP contribution in [0.15, 0.2) is 12.1 Å². The molecule has 1 aromatic heterocycles. The average molecular weight is 593 g/mol. The van der Waals surface area contributed by atoms with Crippen molar-refractivity contribution >= 4 is 32.1 Å². The number of nitrogens with one attached hydrogen (secondary N) is 3. The first-order valence-electron chi connectivity index (χ1n) is 13.4. The zero-order valence-electron chi connectivity index (χ0n) is 22.7. The van der Waals surface area contributed by atoms with Crippen LogP contribution in [0.1, 0.15) is 89.1 Å². The van der Waals surface area contributed by atoms with Crippen LogP contribution in [-0.2, 0) is 9.59 Å². The summed E-state index contributed by atoms with van der Waals surface area (Å²) in [5.74, 6) is -10.7. The molecule has 40 heavy (non-hydrogen) atoms. The van der Waals surface area contributed by atoms with Gasteiger partial charge in [0.15, 0.2) is 11.5 Å². The van der Waals surface area contributed by atoms with Gasteiger partial charge in [-0.2, -0.15) is 0 Å². The Balaban J connectivity index is 1.69. The Labute approximate surface area is 231 Å². The third-order valence-corrected chi connectivity index (χ3v) is 7.73.